The van der Waals surface area contributed by atoms with Crippen LogP contribution >= 0.6 is 0 Å². The molecule has 4 aliphatic heterocycles. The van der Waals surface area contributed by atoms with Gasteiger partial charge in [-0.25, -0.2) is 0 Å². The van der Waals surface area contributed by atoms with Crippen molar-refractivity contribution in [3.63, 3.8) is 0 Å². The lowest BCUT2D eigenvalue weighted by atomic mass is 9.98. The van der Waals surface area contributed by atoms with Crippen molar-refractivity contribution in [2.24, 2.45) is 20.7 Å². The summed E-state index contributed by atoms with van der Waals surface area (Å²) in [5.74, 6) is 2.47. The molecule has 2 radical (unpaired) electrons. The Morgan fingerprint density at radius 3 is 1.94 bits per heavy atom. The van der Waals surface area contributed by atoms with E-state index in [9.17, 15) is 4.79 Å². The minimum Gasteiger partial charge on any atom is -0.388 e. The van der Waals surface area contributed by atoms with Gasteiger partial charge in [0.25, 0.3) is 0 Å². The standard InChI is InChI=1S/C7H10N2O.C7H12N2.C6H10N2.C4H7BO/c1-5-3-8-7(6(5)2)9-4-10;1-5-4-9-7(8-3)6(5)2;1-4-3-8-6(7)5(4)2;5-4-2-1-3-6-4/h4H,3H2,1-2H3,(H,8,9,10);4H2,1-3H3,(H,8,9);3H2,1-2H3,(H2,7,8);4H,1-3H2. The van der Waals surface area contributed by atoms with Gasteiger partial charge < -0.3 is 21.1 Å². The van der Waals surface area contributed by atoms with Gasteiger partial charge in [0.05, 0.1) is 13.1 Å². The molecular weight excluding hydrogens is 415 g/mol. The molecule has 4 rings (SSSR count). The molecule has 0 spiro atoms. The van der Waals surface area contributed by atoms with Gasteiger partial charge in [0.2, 0.25) is 6.41 Å². The monoisotopic (exact) mass is 454 g/mol. The number of nitrogens with two attached hydrogens (primary N) is 1. The number of hydrogen-bond donors (Lipinski definition) is 3. The first kappa shape index (κ1) is 28.4. The molecule has 1 amide bonds. The van der Waals surface area contributed by atoms with Crippen LogP contribution in [0.25, 0.3) is 0 Å². The van der Waals surface area contributed by atoms with Crippen molar-refractivity contribution in [1.82, 2.24) is 10.6 Å². The highest BCUT2D eigenvalue weighted by molar-refractivity contribution is 6.11. The van der Waals surface area contributed by atoms with Crippen LogP contribution < -0.4 is 16.4 Å². The van der Waals surface area contributed by atoms with Gasteiger partial charge in [-0.3, -0.25) is 19.8 Å². The first-order chi connectivity index (χ1) is 15.6. The number of hydrogen-bond acceptors (Lipinski definition) is 6. The van der Waals surface area contributed by atoms with E-state index < -0.39 is 0 Å². The Morgan fingerprint density at radius 1 is 1.06 bits per heavy atom. The molecule has 9 heteroatoms. The highest BCUT2D eigenvalue weighted by Crippen LogP contribution is 2.12. The maximum absolute atomic E-state index is 10.00. The molecule has 0 bridgehead atoms. The Hall–Kier alpha value is -2.68. The molecule has 33 heavy (non-hydrogen) atoms. The molecule has 4 aliphatic rings. The van der Waals surface area contributed by atoms with E-state index in [2.05, 4.69) is 46.4 Å². The molecule has 0 aromatic rings. The largest absolute Gasteiger partial charge is 0.388 e. The number of carbonyl (C=O) groups excluding carboxylic acids is 1. The third kappa shape index (κ3) is 9.38. The van der Waals surface area contributed by atoms with E-state index in [0.717, 1.165) is 56.1 Å². The van der Waals surface area contributed by atoms with Gasteiger partial charge in [-0.05, 0) is 87.8 Å². The first-order valence-electron chi connectivity index (χ1n) is 11.2. The molecule has 4 N–H and O–H groups in total. The van der Waals surface area contributed by atoms with Crippen LogP contribution in [0, 0.1) is 0 Å². The lowest BCUT2D eigenvalue weighted by molar-refractivity contribution is -0.108. The van der Waals surface area contributed by atoms with Crippen LogP contribution in [0.3, 0.4) is 0 Å². The van der Waals surface area contributed by atoms with E-state index in [0.29, 0.717) is 18.1 Å². The molecule has 0 aliphatic carbocycles. The Morgan fingerprint density at radius 2 is 1.70 bits per heavy atom. The SMILES string of the molecule is CC1=C(C)C(N)=NC1.CC1=C(C)C(NC=O)=NC1.CN=C1NCC(C)=C1C.[B]C1CCCO1. The predicted octanol–water partition coefficient (Wildman–Crippen LogP) is 2.42. The molecule has 1 atom stereocenters. The van der Waals surface area contributed by atoms with Gasteiger partial charge in [-0.2, -0.15) is 0 Å². The maximum atomic E-state index is 10.00. The van der Waals surface area contributed by atoms with Gasteiger partial charge in [0.15, 0.2) is 0 Å². The zero-order valence-electron chi connectivity index (χ0n) is 21.2. The van der Waals surface area contributed by atoms with Crippen molar-refractivity contribution in [2.45, 2.75) is 60.4 Å². The summed E-state index contributed by atoms with van der Waals surface area (Å²) in [4.78, 5) is 22.2. The average Bonchev–Trinajstić information content (AvgIpc) is 3.56. The van der Waals surface area contributed by atoms with E-state index in [-0.39, 0.29) is 6.00 Å². The van der Waals surface area contributed by atoms with Gasteiger partial charge in [-0.1, -0.05) is 0 Å². The first-order valence-corrected chi connectivity index (χ1v) is 11.2. The number of amides is 1. The van der Waals surface area contributed by atoms with Crippen molar-refractivity contribution in [2.75, 3.05) is 33.3 Å². The van der Waals surface area contributed by atoms with E-state index in [1.54, 1.807) is 0 Å². The van der Waals surface area contributed by atoms with Gasteiger partial charge >= 0.3 is 0 Å². The molecular formula is C24H39BN6O2. The molecule has 0 saturated carbocycles. The van der Waals surface area contributed by atoms with Crippen molar-refractivity contribution in [3.05, 3.63) is 33.4 Å². The summed E-state index contributed by atoms with van der Waals surface area (Å²) in [6, 6.07) is 0.0463. The smallest absolute Gasteiger partial charge is 0.212 e. The normalized spacial score (nSPS) is 22.5. The van der Waals surface area contributed by atoms with Crippen molar-refractivity contribution >= 4 is 31.8 Å². The number of rotatable bonds is 1. The molecule has 0 aromatic heterocycles. The Balaban J connectivity index is 0.000000223. The summed E-state index contributed by atoms with van der Waals surface area (Å²) < 4.78 is 4.93. The quantitative estimate of drug-likeness (QED) is 0.417. The fraction of sp³-hybridized carbons (Fsp3) is 0.583. The van der Waals surface area contributed by atoms with Crippen LogP contribution in [-0.2, 0) is 9.53 Å². The number of nitrogens with zero attached hydrogens (tertiary/aromatic N) is 3. The minimum atomic E-state index is 0.0463. The summed E-state index contributed by atoms with van der Waals surface area (Å²) in [6.07, 6.45) is 2.84. The van der Waals surface area contributed by atoms with E-state index in [1.165, 1.54) is 22.3 Å². The third-order valence-corrected chi connectivity index (χ3v) is 5.88. The topological polar surface area (TPSA) is 113 Å². The summed E-state index contributed by atoms with van der Waals surface area (Å²) in [6.45, 7) is 15.6. The Labute approximate surface area is 200 Å². The van der Waals surface area contributed by atoms with Crippen LogP contribution in [0.2, 0.25) is 0 Å². The molecule has 4 heterocycles. The van der Waals surface area contributed by atoms with E-state index >= 15 is 0 Å². The highest BCUT2D eigenvalue weighted by atomic mass is 16.5. The number of aliphatic imine (C=N–C) groups is 3. The van der Waals surface area contributed by atoms with Gasteiger partial charge in [0.1, 0.15) is 25.4 Å². The Bertz CT molecular complexity index is 872. The second-order valence-corrected chi connectivity index (χ2v) is 8.32. The van der Waals surface area contributed by atoms with Crippen molar-refractivity contribution < 1.29 is 9.53 Å². The number of amidine groups is 3. The summed E-state index contributed by atoms with van der Waals surface area (Å²) >= 11 is 0. The predicted molar refractivity (Wildman–Crippen MR) is 139 cm³/mol. The molecule has 0 aromatic carbocycles. The number of nitrogens with one attached hydrogen (secondary N) is 2. The summed E-state index contributed by atoms with van der Waals surface area (Å²) in [5.41, 5.74) is 12.9. The van der Waals surface area contributed by atoms with Crippen LogP contribution in [0.5, 0.6) is 0 Å². The van der Waals surface area contributed by atoms with Gasteiger partial charge in [0, 0.05) is 26.2 Å². The van der Waals surface area contributed by atoms with Crippen LogP contribution in [0.1, 0.15) is 54.4 Å². The molecule has 1 saturated heterocycles. The van der Waals surface area contributed by atoms with Crippen LogP contribution in [0.4, 0.5) is 0 Å². The van der Waals surface area contributed by atoms with Crippen LogP contribution in [-0.4, -0.2) is 71.1 Å². The molecule has 1 unspecified atom stereocenters. The number of ether oxygens (including phenoxy) is 1. The third-order valence-electron chi connectivity index (χ3n) is 5.88. The van der Waals surface area contributed by atoms with E-state index in [4.69, 9.17) is 18.3 Å². The van der Waals surface area contributed by atoms with E-state index in [1.807, 2.05) is 27.8 Å². The van der Waals surface area contributed by atoms with Crippen molar-refractivity contribution in [3.8, 4) is 0 Å². The molecule has 1 fully saturated rings. The second-order valence-electron chi connectivity index (χ2n) is 8.32. The van der Waals surface area contributed by atoms with Crippen LogP contribution in [0.15, 0.2) is 48.4 Å². The fourth-order valence-corrected chi connectivity index (χ4v) is 3.04. The lowest BCUT2D eigenvalue weighted by Gasteiger charge is -1.97. The lowest BCUT2D eigenvalue weighted by Crippen LogP contribution is -2.20. The minimum absolute atomic E-state index is 0.0463. The summed E-state index contributed by atoms with van der Waals surface area (Å²) in [7, 11) is 7.12. The zero-order chi connectivity index (χ0) is 25.0. The average molecular weight is 454 g/mol. The van der Waals surface area contributed by atoms with Crippen molar-refractivity contribution in [1.29, 1.82) is 0 Å². The molecule has 8 nitrogen and oxygen atoms in total. The highest BCUT2D eigenvalue weighted by Gasteiger charge is 2.11. The maximum Gasteiger partial charge on any atom is 0.212 e. The summed E-state index contributed by atoms with van der Waals surface area (Å²) in [5, 5.41) is 5.72. The molecule has 180 valence electrons. The number of carbonyl (C=O) groups is 1. The Kier molecular flexibility index (Phi) is 12.4. The zero-order valence-corrected chi connectivity index (χ0v) is 21.2. The van der Waals surface area contributed by atoms with Gasteiger partial charge in [-0.15, -0.1) is 0 Å². The fourth-order valence-electron chi connectivity index (χ4n) is 3.04. The second kappa shape index (κ2) is 14.5.